The molecule has 0 aromatic carbocycles. The number of hydrogen-bond donors (Lipinski definition) is 2. The minimum Gasteiger partial charge on any atom is -0.382 e. The first kappa shape index (κ1) is 8.37. The lowest BCUT2D eigenvalue weighted by molar-refractivity contribution is 0.313. The highest BCUT2D eigenvalue weighted by Crippen LogP contribution is 2.20. The fourth-order valence-corrected chi connectivity index (χ4v) is 1.59. The molecule has 3 N–H and O–H groups in total. The van der Waals surface area contributed by atoms with Crippen molar-refractivity contribution in [3.63, 3.8) is 0 Å². The van der Waals surface area contributed by atoms with Crippen LogP contribution in [-0.2, 0) is 0 Å². The van der Waals surface area contributed by atoms with Crippen LogP contribution in [0.2, 0.25) is 0 Å². The number of aromatic nitrogens is 2. The van der Waals surface area contributed by atoms with Crippen LogP contribution in [0.15, 0.2) is 6.20 Å². The first-order valence-corrected chi connectivity index (χ1v) is 4.49. The van der Waals surface area contributed by atoms with E-state index in [0.29, 0.717) is 5.82 Å². The average molecular weight is 181 g/mol. The molecule has 0 spiro atoms. The quantitative estimate of drug-likeness (QED) is 0.627. The molecule has 0 saturated carbocycles. The zero-order valence-electron chi connectivity index (χ0n) is 7.82. The molecular weight excluding hydrogens is 166 g/mol. The van der Waals surface area contributed by atoms with Crippen molar-refractivity contribution in [2.24, 2.45) is 0 Å². The maximum absolute atomic E-state index is 5.73. The van der Waals surface area contributed by atoms with E-state index in [4.69, 9.17) is 5.73 Å². The summed E-state index contributed by atoms with van der Waals surface area (Å²) >= 11 is 0. The summed E-state index contributed by atoms with van der Waals surface area (Å²) in [5.41, 5.74) is 6.77. The van der Waals surface area contributed by atoms with Gasteiger partial charge in [-0.2, -0.15) is 5.10 Å². The molecule has 1 saturated heterocycles. The van der Waals surface area contributed by atoms with Gasteiger partial charge >= 0.3 is 0 Å². The summed E-state index contributed by atoms with van der Waals surface area (Å²) in [6.07, 6.45) is 1.79. The second-order valence-corrected chi connectivity index (χ2v) is 3.46. The standard InChI is InChI=1S/C8H15N5/c1-12-2-4-13(5-3-12)7-6-10-11-8(7)9/h6H,2-5H2,1H3,(H3,9,10,11). The number of nitrogens with two attached hydrogens (primary N) is 1. The number of nitrogen functional groups attached to an aromatic ring is 1. The van der Waals surface area contributed by atoms with E-state index in [-0.39, 0.29) is 0 Å². The third-order valence-electron chi connectivity index (χ3n) is 2.49. The predicted molar refractivity (Wildman–Crippen MR) is 52.7 cm³/mol. The third-order valence-corrected chi connectivity index (χ3v) is 2.49. The monoisotopic (exact) mass is 181 g/mol. The van der Waals surface area contributed by atoms with Crippen molar-refractivity contribution in [2.75, 3.05) is 43.9 Å². The van der Waals surface area contributed by atoms with E-state index in [9.17, 15) is 0 Å². The van der Waals surface area contributed by atoms with Gasteiger partial charge in [-0.3, -0.25) is 5.10 Å². The zero-order valence-corrected chi connectivity index (χ0v) is 7.82. The molecule has 0 bridgehead atoms. The van der Waals surface area contributed by atoms with Crippen LogP contribution in [0.3, 0.4) is 0 Å². The summed E-state index contributed by atoms with van der Waals surface area (Å²) in [4.78, 5) is 4.58. The normalized spacial score (nSPS) is 19.3. The SMILES string of the molecule is CN1CCN(c2cn[nH]c2N)CC1. The highest BCUT2D eigenvalue weighted by Gasteiger charge is 2.16. The van der Waals surface area contributed by atoms with Crippen molar-refractivity contribution in [1.82, 2.24) is 15.1 Å². The van der Waals surface area contributed by atoms with Gasteiger partial charge in [-0.1, -0.05) is 0 Å². The Labute approximate surface area is 77.5 Å². The minimum atomic E-state index is 0.671. The van der Waals surface area contributed by atoms with Gasteiger partial charge in [0.1, 0.15) is 5.82 Å². The first-order chi connectivity index (χ1) is 6.27. The molecule has 0 amide bonds. The molecule has 5 nitrogen and oxygen atoms in total. The maximum atomic E-state index is 5.73. The Morgan fingerprint density at radius 1 is 1.38 bits per heavy atom. The summed E-state index contributed by atoms with van der Waals surface area (Å²) in [5.74, 6) is 0.671. The highest BCUT2D eigenvalue weighted by molar-refractivity contribution is 5.62. The fourth-order valence-electron chi connectivity index (χ4n) is 1.59. The summed E-state index contributed by atoms with van der Waals surface area (Å²) in [7, 11) is 2.13. The van der Waals surface area contributed by atoms with Crippen molar-refractivity contribution in [2.45, 2.75) is 0 Å². The highest BCUT2D eigenvalue weighted by atomic mass is 15.3. The Morgan fingerprint density at radius 3 is 2.62 bits per heavy atom. The molecule has 2 heterocycles. The van der Waals surface area contributed by atoms with E-state index in [2.05, 4.69) is 27.0 Å². The molecule has 1 aliphatic rings. The minimum absolute atomic E-state index is 0.671. The lowest BCUT2D eigenvalue weighted by atomic mass is 10.3. The van der Waals surface area contributed by atoms with Crippen LogP contribution < -0.4 is 10.6 Å². The van der Waals surface area contributed by atoms with Crippen molar-refractivity contribution in [3.8, 4) is 0 Å². The van der Waals surface area contributed by atoms with Crippen LogP contribution in [-0.4, -0.2) is 48.3 Å². The number of likely N-dealkylation sites (N-methyl/N-ethyl adjacent to an activating group) is 1. The van der Waals surface area contributed by atoms with E-state index in [1.54, 1.807) is 6.20 Å². The topological polar surface area (TPSA) is 61.2 Å². The van der Waals surface area contributed by atoms with Gasteiger partial charge in [-0.05, 0) is 7.05 Å². The van der Waals surface area contributed by atoms with Crippen LogP contribution in [0.25, 0.3) is 0 Å². The van der Waals surface area contributed by atoms with Crippen molar-refractivity contribution in [1.29, 1.82) is 0 Å². The third kappa shape index (κ3) is 1.60. The summed E-state index contributed by atoms with van der Waals surface area (Å²) < 4.78 is 0. The molecule has 0 radical (unpaired) electrons. The molecule has 1 aliphatic heterocycles. The van der Waals surface area contributed by atoms with E-state index >= 15 is 0 Å². The predicted octanol–water partition coefficient (Wildman–Crippen LogP) is -0.256. The molecule has 0 aliphatic carbocycles. The Bertz CT molecular complexity index is 274. The molecule has 1 fully saturated rings. The second kappa shape index (κ2) is 3.26. The number of aromatic amines is 1. The van der Waals surface area contributed by atoms with Gasteiger partial charge in [0, 0.05) is 26.2 Å². The average Bonchev–Trinajstić information content (AvgIpc) is 2.53. The van der Waals surface area contributed by atoms with E-state index in [0.717, 1.165) is 31.9 Å². The van der Waals surface area contributed by atoms with E-state index in [1.807, 2.05) is 0 Å². The van der Waals surface area contributed by atoms with Crippen molar-refractivity contribution < 1.29 is 0 Å². The largest absolute Gasteiger partial charge is 0.382 e. The van der Waals surface area contributed by atoms with Crippen LogP contribution in [0.5, 0.6) is 0 Å². The number of H-pyrrole nitrogens is 1. The summed E-state index contributed by atoms with van der Waals surface area (Å²) in [6, 6.07) is 0. The lowest BCUT2D eigenvalue weighted by Gasteiger charge is -2.33. The molecule has 72 valence electrons. The van der Waals surface area contributed by atoms with Gasteiger partial charge in [0.15, 0.2) is 0 Å². The van der Waals surface area contributed by atoms with Crippen molar-refractivity contribution >= 4 is 11.5 Å². The molecular formula is C8H15N5. The zero-order chi connectivity index (χ0) is 9.26. The molecule has 2 rings (SSSR count). The molecule has 0 atom stereocenters. The molecule has 1 aromatic rings. The van der Waals surface area contributed by atoms with Gasteiger partial charge in [-0.25, -0.2) is 0 Å². The first-order valence-electron chi connectivity index (χ1n) is 4.49. The van der Waals surface area contributed by atoms with Crippen LogP contribution in [0, 0.1) is 0 Å². The summed E-state index contributed by atoms with van der Waals surface area (Å²) in [6.45, 7) is 4.23. The number of rotatable bonds is 1. The Balaban J connectivity index is 2.06. The van der Waals surface area contributed by atoms with Gasteiger partial charge in [-0.15, -0.1) is 0 Å². The van der Waals surface area contributed by atoms with Crippen LogP contribution in [0.4, 0.5) is 11.5 Å². The Morgan fingerprint density at radius 2 is 2.08 bits per heavy atom. The molecule has 1 aromatic heterocycles. The smallest absolute Gasteiger partial charge is 0.142 e. The Hall–Kier alpha value is -1.23. The van der Waals surface area contributed by atoms with E-state index in [1.165, 1.54) is 0 Å². The van der Waals surface area contributed by atoms with Gasteiger partial charge in [0.05, 0.1) is 11.9 Å². The van der Waals surface area contributed by atoms with Crippen LogP contribution >= 0.6 is 0 Å². The number of nitrogens with zero attached hydrogens (tertiary/aromatic N) is 3. The van der Waals surface area contributed by atoms with Crippen LogP contribution in [0.1, 0.15) is 0 Å². The van der Waals surface area contributed by atoms with Gasteiger partial charge in [0.25, 0.3) is 0 Å². The fraction of sp³-hybridized carbons (Fsp3) is 0.625. The number of anilines is 2. The summed E-state index contributed by atoms with van der Waals surface area (Å²) in [5, 5.41) is 6.66. The maximum Gasteiger partial charge on any atom is 0.142 e. The Kier molecular flexibility index (Phi) is 2.10. The second-order valence-electron chi connectivity index (χ2n) is 3.46. The lowest BCUT2D eigenvalue weighted by Crippen LogP contribution is -2.44. The van der Waals surface area contributed by atoms with Crippen molar-refractivity contribution in [3.05, 3.63) is 6.20 Å². The number of hydrogen-bond acceptors (Lipinski definition) is 4. The van der Waals surface area contributed by atoms with E-state index < -0.39 is 0 Å². The molecule has 5 heteroatoms. The van der Waals surface area contributed by atoms with Gasteiger partial charge in [0.2, 0.25) is 0 Å². The number of piperazine rings is 1. The molecule has 0 unspecified atom stereocenters. The van der Waals surface area contributed by atoms with Gasteiger partial charge < -0.3 is 15.5 Å². The molecule has 13 heavy (non-hydrogen) atoms. The number of nitrogens with one attached hydrogen (secondary N) is 1.